The van der Waals surface area contributed by atoms with Crippen molar-refractivity contribution in [2.24, 2.45) is 5.73 Å². The zero-order valence-corrected chi connectivity index (χ0v) is 22.8. The Morgan fingerprint density at radius 1 is 1.10 bits per heavy atom. The molecule has 1 aliphatic rings. The second kappa shape index (κ2) is 11.7. The second-order valence-electron chi connectivity index (χ2n) is 10.1. The first-order chi connectivity index (χ1) is 19.7. The number of methoxy groups -OCH3 is 1. The van der Waals surface area contributed by atoms with Gasteiger partial charge in [0.2, 0.25) is 17.7 Å². The lowest BCUT2D eigenvalue weighted by Gasteiger charge is -2.29. The molecule has 1 aromatic carbocycles. The Bertz CT molecular complexity index is 1600. The Morgan fingerprint density at radius 3 is 2.61 bits per heavy atom. The fourth-order valence-corrected chi connectivity index (χ4v) is 5.18. The molecule has 3 N–H and O–H groups in total. The number of hydrogen-bond donors (Lipinski definition) is 2. The van der Waals surface area contributed by atoms with Gasteiger partial charge in [-0.3, -0.25) is 14.4 Å². The van der Waals surface area contributed by atoms with Crippen LogP contribution < -0.4 is 15.8 Å². The van der Waals surface area contributed by atoms with E-state index in [1.54, 1.807) is 35.2 Å². The third-order valence-corrected chi connectivity index (χ3v) is 7.31. The number of amides is 3. The summed E-state index contributed by atoms with van der Waals surface area (Å²) < 4.78 is 21.2. The van der Waals surface area contributed by atoms with E-state index in [2.05, 4.69) is 15.3 Å². The maximum absolute atomic E-state index is 14.4. The normalized spacial score (nSPS) is 17.2. The standard InChI is InChI=1S/C30H31FN6O4/c1-18-4-3-5-26(34-18)35-30(40)25-10-8-21(31)12-13-37(25)28(38)17-36-16-23(29(32)39)22-14-19(6-9-24(22)36)20-7-11-27(41-2)33-15-20/h3-7,9,11,14-16,21,25H,8,10,12-13,17H2,1-2H3,(H2,32,39)(H,34,35,40)/t21?,25-/m0/s1. The highest BCUT2D eigenvalue weighted by Crippen LogP contribution is 2.29. The van der Waals surface area contributed by atoms with E-state index in [0.29, 0.717) is 22.6 Å². The first kappa shape index (κ1) is 27.8. The second-order valence-corrected chi connectivity index (χ2v) is 10.1. The lowest BCUT2D eigenvalue weighted by Crippen LogP contribution is -2.48. The van der Waals surface area contributed by atoms with Crippen molar-refractivity contribution in [2.75, 3.05) is 19.0 Å². The molecule has 1 fully saturated rings. The fraction of sp³-hybridized carbons (Fsp3) is 0.300. The molecule has 1 aliphatic heterocycles. The summed E-state index contributed by atoms with van der Waals surface area (Å²) in [6, 6.07) is 13.5. The molecule has 3 aromatic heterocycles. The van der Waals surface area contributed by atoms with Crippen LogP contribution in [0.2, 0.25) is 0 Å². The Morgan fingerprint density at radius 2 is 1.90 bits per heavy atom. The van der Waals surface area contributed by atoms with Crippen molar-refractivity contribution in [3.8, 4) is 17.0 Å². The number of hydrogen-bond acceptors (Lipinski definition) is 6. The van der Waals surface area contributed by atoms with Gasteiger partial charge in [0, 0.05) is 47.2 Å². The number of primary amides is 1. The number of benzene rings is 1. The number of likely N-dealkylation sites (tertiary alicyclic amines) is 1. The van der Waals surface area contributed by atoms with Crippen molar-refractivity contribution >= 4 is 34.4 Å². The van der Waals surface area contributed by atoms with Crippen molar-refractivity contribution in [1.82, 2.24) is 19.4 Å². The molecule has 0 saturated carbocycles. The van der Waals surface area contributed by atoms with Crippen molar-refractivity contribution in [3.63, 3.8) is 0 Å². The van der Waals surface area contributed by atoms with E-state index in [1.165, 1.54) is 12.0 Å². The van der Waals surface area contributed by atoms with E-state index in [-0.39, 0.29) is 43.8 Å². The van der Waals surface area contributed by atoms with Gasteiger partial charge >= 0.3 is 0 Å². The van der Waals surface area contributed by atoms with Crippen LogP contribution in [-0.4, -0.2) is 63.0 Å². The van der Waals surface area contributed by atoms with Crippen LogP contribution in [0, 0.1) is 6.92 Å². The number of alkyl halides is 1. The van der Waals surface area contributed by atoms with Gasteiger partial charge in [-0.05, 0) is 62.1 Å². The molecular formula is C30H31FN6O4. The number of fused-ring (bicyclic) bond motifs is 1. The molecule has 41 heavy (non-hydrogen) atoms. The smallest absolute Gasteiger partial charge is 0.250 e. The predicted octanol–water partition coefficient (Wildman–Crippen LogP) is 3.87. The zero-order valence-electron chi connectivity index (χ0n) is 22.8. The molecule has 5 rings (SSSR count). The minimum Gasteiger partial charge on any atom is -0.481 e. The number of nitrogens with one attached hydrogen (secondary N) is 1. The average molecular weight is 559 g/mol. The minimum absolute atomic E-state index is 0.0931. The number of rotatable bonds is 7. The monoisotopic (exact) mass is 558 g/mol. The highest BCUT2D eigenvalue weighted by molar-refractivity contribution is 6.07. The molecule has 4 aromatic rings. The first-order valence-corrected chi connectivity index (χ1v) is 13.3. The van der Waals surface area contributed by atoms with Crippen LogP contribution in [0.4, 0.5) is 10.2 Å². The average Bonchev–Trinajstić information content (AvgIpc) is 3.19. The van der Waals surface area contributed by atoms with Crippen molar-refractivity contribution in [2.45, 2.75) is 44.9 Å². The number of nitrogens with two attached hydrogens (primary N) is 1. The summed E-state index contributed by atoms with van der Waals surface area (Å²) in [5.41, 5.74) is 8.94. The van der Waals surface area contributed by atoms with Gasteiger partial charge in [0.15, 0.2) is 0 Å². The summed E-state index contributed by atoms with van der Waals surface area (Å²) in [4.78, 5) is 49.3. The van der Waals surface area contributed by atoms with Crippen LogP contribution in [0.1, 0.15) is 35.3 Å². The maximum Gasteiger partial charge on any atom is 0.250 e. The minimum atomic E-state index is -1.11. The van der Waals surface area contributed by atoms with Gasteiger partial charge in [0.25, 0.3) is 5.91 Å². The molecule has 10 nitrogen and oxygen atoms in total. The number of aryl methyl sites for hydroxylation is 1. The molecule has 11 heteroatoms. The lowest BCUT2D eigenvalue weighted by molar-refractivity contribution is -0.139. The number of anilines is 1. The summed E-state index contributed by atoms with van der Waals surface area (Å²) >= 11 is 0. The van der Waals surface area contributed by atoms with Gasteiger partial charge < -0.3 is 25.3 Å². The fourth-order valence-electron chi connectivity index (χ4n) is 5.18. The number of ether oxygens (including phenoxy) is 1. The molecule has 1 unspecified atom stereocenters. The summed E-state index contributed by atoms with van der Waals surface area (Å²) in [6.07, 6.45) is 2.59. The third kappa shape index (κ3) is 6.03. The number of aromatic nitrogens is 3. The van der Waals surface area contributed by atoms with E-state index < -0.39 is 24.0 Å². The molecule has 0 aliphatic carbocycles. The topological polar surface area (TPSA) is 132 Å². The quantitative estimate of drug-likeness (QED) is 0.354. The number of nitrogens with zero attached hydrogens (tertiary/aromatic N) is 4. The number of pyridine rings is 2. The molecular weight excluding hydrogens is 527 g/mol. The van der Waals surface area contributed by atoms with E-state index in [4.69, 9.17) is 10.5 Å². The SMILES string of the molecule is COc1ccc(-c2ccc3c(c2)c(C(N)=O)cn3CC(=O)N2CCC(F)CC[C@H]2C(=O)Nc2cccc(C)n2)cn1. The Labute approximate surface area is 236 Å². The predicted molar refractivity (Wildman–Crippen MR) is 152 cm³/mol. The Balaban J connectivity index is 1.43. The Kier molecular flexibility index (Phi) is 7.95. The van der Waals surface area contributed by atoms with Gasteiger partial charge in [0.05, 0.1) is 12.7 Å². The van der Waals surface area contributed by atoms with Gasteiger partial charge in [-0.15, -0.1) is 0 Å². The van der Waals surface area contributed by atoms with Crippen LogP contribution in [0.15, 0.2) is 60.9 Å². The highest BCUT2D eigenvalue weighted by Gasteiger charge is 2.34. The van der Waals surface area contributed by atoms with Gasteiger partial charge in [0.1, 0.15) is 24.6 Å². The summed E-state index contributed by atoms with van der Waals surface area (Å²) in [5, 5.41) is 3.36. The molecule has 1 saturated heterocycles. The first-order valence-electron chi connectivity index (χ1n) is 13.3. The molecule has 212 valence electrons. The third-order valence-electron chi connectivity index (χ3n) is 7.31. The van der Waals surface area contributed by atoms with Crippen molar-refractivity contribution < 1.29 is 23.5 Å². The maximum atomic E-state index is 14.4. The molecule has 0 spiro atoms. The Hall–Kier alpha value is -4.80. The molecule has 0 radical (unpaired) electrons. The molecule has 0 bridgehead atoms. The number of halogens is 1. The van der Waals surface area contributed by atoms with Crippen molar-refractivity contribution in [1.29, 1.82) is 0 Å². The number of carbonyl (C=O) groups excluding carboxylic acids is 3. The zero-order chi connectivity index (χ0) is 29.1. The van der Waals surface area contributed by atoms with E-state index in [1.807, 2.05) is 37.3 Å². The van der Waals surface area contributed by atoms with Crippen LogP contribution in [0.5, 0.6) is 5.88 Å². The van der Waals surface area contributed by atoms with Crippen molar-refractivity contribution in [3.05, 3.63) is 72.2 Å². The van der Waals surface area contributed by atoms with Crippen LogP contribution >= 0.6 is 0 Å². The molecule has 3 amide bonds. The van der Waals surface area contributed by atoms with E-state index >= 15 is 0 Å². The van der Waals surface area contributed by atoms with Gasteiger partial charge in [-0.2, -0.15) is 0 Å². The van der Waals surface area contributed by atoms with Gasteiger partial charge in [-0.25, -0.2) is 14.4 Å². The largest absolute Gasteiger partial charge is 0.481 e. The summed E-state index contributed by atoms with van der Waals surface area (Å²) in [7, 11) is 1.54. The highest BCUT2D eigenvalue weighted by atomic mass is 19.1. The number of carbonyl (C=O) groups is 3. The summed E-state index contributed by atoms with van der Waals surface area (Å²) in [5.74, 6) is -0.573. The van der Waals surface area contributed by atoms with E-state index in [0.717, 1.165) is 16.8 Å². The summed E-state index contributed by atoms with van der Waals surface area (Å²) in [6.45, 7) is 1.75. The van der Waals surface area contributed by atoms with E-state index in [9.17, 15) is 18.8 Å². The van der Waals surface area contributed by atoms with Crippen LogP contribution in [0.25, 0.3) is 22.0 Å². The van der Waals surface area contributed by atoms with Crippen LogP contribution in [-0.2, 0) is 16.1 Å². The molecule has 2 atom stereocenters. The van der Waals surface area contributed by atoms with Gasteiger partial charge in [-0.1, -0.05) is 12.1 Å². The lowest BCUT2D eigenvalue weighted by atomic mass is 10.0. The molecule has 4 heterocycles. The van der Waals surface area contributed by atoms with Crippen LogP contribution in [0.3, 0.4) is 0 Å².